The molecular weight excluding hydrogens is 291 g/mol. The number of nitrogens with zero attached hydrogens (tertiary/aromatic N) is 1. The molecule has 0 aliphatic rings. The van der Waals surface area contributed by atoms with Gasteiger partial charge >= 0.3 is 5.97 Å². The van der Waals surface area contributed by atoms with E-state index in [2.05, 4.69) is 10.1 Å². The van der Waals surface area contributed by atoms with Gasteiger partial charge in [-0.15, -0.1) is 0 Å². The number of hydrogen-bond acceptors (Lipinski definition) is 4. The highest BCUT2D eigenvalue weighted by Gasteiger charge is 2.11. The molecule has 1 amide bonds. The molecule has 0 bridgehead atoms. The number of rotatable bonds is 3. The fourth-order valence-corrected chi connectivity index (χ4v) is 1.88. The zero-order valence-corrected chi connectivity index (χ0v) is 11.9. The molecule has 7 heteroatoms. The molecule has 0 unspecified atom stereocenters. The van der Waals surface area contributed by atoms with E-state index in [1.165, 1.54) is 44.5 Å². The second kappa shape index (κ2) is 6.21. The predicted molar refractivity (Wildman–Crippen MR) is 77.6 cm³/mol. The van der Waals surface area contributed by atoms with Crippen LogP contribution in [-0.4, -0.2) is 23.6 Å². The molecule has 0 aliphatic heterocycles. The van der Waals surface area contributed by atoms with Crippen LogP contribution in [0.4, 0.5) is 10.1 Å². The number of esters is 1. The van der Waals surface area contributed by atoms with Crippen LogP contribution in [0.5, 0.6) is 0 Å². The summed E-state index contributed by atoms with van der Waals surface area (Å²) in [6.45, 7) is 1.25. The van der Waals surface area contributed by atoms with Gasteiger partial charge in [0.25, 0.3) is 5.56 Å². The molecule has 22 heavy (non-hydrogen) atoms. The van der Waals surface area contributed by atoms with Crippen molar-refractivity contribution < 1.29 is 18.7 Å². The smallest absolute Gasteiger partial charge is 0.339 e. The quantitative estimate of drug-likeness (QED) is 0.876. The third kappa shape index (κ3) is 3.20. The van der Waals surface area contributed by atoms with Crippen LogP contribution < -0.4 is 10.9 Å². The minimum Gasteiger partial charge on any atom is -0.465 e. The normalized spacial score (nSPS) is 10.1. The number of nitrogens with one attached hydrogen (secondary N) is 1. The molecule has 2 rings (SSSR count). The Morgan fingerprint density at radius 1 is 1.23 bits per heavy atom. The summed E-state index contributed by atoms with van der Waals surface area (Å²) < 4.78 is 19.4. The Balaban J connectivity index is 2.54. The molecular formula is C15H13FN2O4. The van der Waals surface area contributed by atoms with Crippen molar-refractivity contribution in [1.29, 1.82) is 0 Å². The fourth-order valence-electron chi connectivity index (χ4n) is 1.88. The maximum Gasteiger partial charge on any atom is 0.339 e. The highest BCUT2D eigenvalue weighted by Crippen LogP contribution is 2.18. The average Bonchev–Trinajstić information content (AvgIpc) is 2.49. The van der Waals surface area contributed by atoms with E-state index >= 15 is 0 Å². The van der Waals surface area contributed by atoms with Gasteiger partial charge in [-0.1, -0.05) is 0 Å². The summed E-state index contributed by atoms with van der Waals surface area (Å²) in [5.74, 6) is -1.67. The molecule has 1 aromatic carbocycles. The summed E-state index contributed by atoms with van der Waals surface area (Å²) in [6, 6.07) is 6.33. The number of hydrogen-bond donors (Lipinski definition) is 1. The van der Waals surface area contributed by atoms with Crippen LogP contribution in [-0.2, 0) is 9.53 Å². The Morgan fingerprint density at radius 2 is 1.95 bits per heavy atom. The number of aromatic nitrogens is 1. The summed E-state index contributed by atoms with van der Waals surface area (Å²) in [5.41, 5.74) is 0.0156. The standard InChI is InChI=1S/C15H13FN2O4/c1-9(19)17-13-7-11(4-5-12(13)16)18-8-10(15(21)22-2)3-6-14(18)20/h3-8H,1-2H3,(H,17,19). The van der Waals surface area contributed by atoms with Crippen molar-refractivity contribution in [3.05, 3.63) is 58.3 Å². The van der Waals surface area contributed by atoms with Gasteiger partial charge in [0, 0.05) is 19.2 Å². The lowest BCUT2D eigenvalue weighted by atomic mass is 10.2. The lowest BCUT2D eigenvalue weighted by molar-refractivity contribution is -0.114. The van der Waals surface area contributed by atoms with E-state index in [0.29, 0.717) is 5.69 Å². The van der Waals surface area contributed by atoms with Crippen molar-refractivity contribution in [3.63, 3.8) is 0 Å². The van der Waals surface area contributed by atoms with Crippen molar-refractivity contribution in [3.8, 4) is 5.69 Å². The second-order valence-electron chi connectivity index (χ2n) is 4.46. The summed E-state index contributed by atoms with van der Waals surface area (Å²) in [6.07, 6.45) is 1.29. The van der Waals surface area contributed by atoms with E-state index in [4.69, 9.17) is 0 Å². The highest BCUT2D eigenvalue weighted by atomic mass is 19.1. The number of pyridine rings is 1. The predicted octanol–water partition coefficient (Wildman–Crippen LogP) is 1.72. The zero-order valence-electron chi connectivity index (χ0n) is 11.9. The minimum absolute atomic E-state index is 0.0552. The summed E-state index contributed by atoms with van der Waals surface area (Å²) in [7, 11) is 1.23. The van der Waals surface area contributed by atoms with Crippen LogP contribution in [0.2, 0.25) is 0 Å². The Bertz CT molecular complexity index is 798. The molecule has 0 aliphatic carbocycles. The molecule has 0 saturated heterocycles. The molecule has 0 radical (unpaired) electrons. The van der Waals surface area contributed by atoms with Gasteiger partial charge in [-0.3, -0.25) is 14.2 Å². The molecule has 114 valence electrons. The number of amides is 1. The SMILES string of the molecule is COC(=O)c1ccc(=O)n(-c2ccc(F)c(NC(C)=O)c2)c1. The van der Waals surface area contributed by atoms with Crippen molar-refractivity contribution >= 4 is 17.6 Å². The maximum atomic E-state index is 13.6. The Kier molecular flexibility index (Phi) is 4.36. The molecule has 0 spiro atoms. The Labute approximate surface area is 125 Å². The molecule has 1 N–H and O–H groups in total. The first-order chi connectivity index (χ1) is 10.4. The van der Waals surface area contributed by atoms with Gasteiger partial charge in [-0.2, -0.15) is 0 Å². The van der Waals surface area contributed by atoms with E-state index in [0.717, 1.165) is 10.6 Å². The van der Waals surface area contributed by atoms with Gasteiger partial charge in [0.15, 0.2) is 0 Å². The number of ether oxygens (including phenoxy) is 1. The fraction of sp³-hybridized carbons (Fsp3) is 0.133. The summed E-state index contributed by atoms with van der Waals surface area (Å²) in [4.78, 5) is 34.5. The van der Waals surface area contributed by atoms with Crippen LogP contribution in [0.1, 0.15) is 17.3 Å². The minimum atomic E-state index is -0.629. The van der Waals surface area contributed by atoms with Gasteiger partial charge < -0.3 is 10.1 Å². The van der Waals surface area contributed by atoms with Gasteiger partial charge in [0.1, 0.15) is 5.82 Å². The number of methoxy groups -OCH3 is 1. The monoisotopic (exact) mass is 304 g/mol. The van der Waals surface area contributed by atoms with Crippen LogP contribution in [0.3, 0.4) is 0 Å². The first kappa shape index (κ1) is 15.4. The summed E-state index contributed by atoms with van der Waals surface area (Å²) >= 11 is 0. The van der Waals surface area contributed by atoms with Gasteiger partial charge in [-0.05, 0) is 24.3 Å². The van der Waals surface area contributed by atoms with Gasteiger partial charge in [0.05, 0.1) is 24.0 Å². The molecule has 0 saturated carbocycles. The third-order valence-corrected chi connectivity index (χ3v) is 2.87. The first-order valence-corrected chi connectivity index (χ1v) is 6.31. The molecule has 6 nitrogen and oxygen atoms in total. The van der Waals surface area contributed by atoms with E-state index in [1.807, 2.05) is 0 Å². The van der Waals surface area contributed by atoms with Crippen molar-refractivity contribution in [2.75, 3.05) is 12.4 Å². The van der Waals surface area contributed by atoms with Crippen molar-refractivity contribution in [2.45, 2.75) is 6.92 Å². The number of anilines is 1. The van der Waals surface area contributed by atoms with E-state index < -0.39 is 23.3 Å². The largest absolute Gasteiger partial charge is 0.465 e. The van der Waals surface area contributed by atoms with E-state index in [-0.39, 0.29) is 11.3 Å². The molecule has 1 heterocycles. The van der Waals surface area contributed by atoms with Crippen molar-refractivity contribution in [1.82, 2.24) is 4.57 Å². The maximum absolute atomic E-state index is 13.6. The van der Waals surface area contributed by atoms with Crippen LogP contribution in [0, 0.1) is 5.82 Å². The van der Waals surface area contributed by atoms with Crippen LogP contribution in [0.15, 0.2) is 41.3 Å². The molecule has 1 aromatic heterocycles. The van der Waals surface area contributed by atoms with Gasteiger partial charge in [0.2, 0.25) is 5.91 Å². The second-order valence-corrected chi connectivity index (χ2v) is 4.46. The summed E-state index contributed by atoms with van der Waals surface area (Å²) in [5, 5.41) is 2.33. The lowest BCUT2D eigenvalue weighted by Gasteiger charge is -2.10. The average molecular weight is 304 g/mol. The van der Waals surface area contributed by atoms with Crippen molar-refractivity contribution in [2.24, 2.45) is 0 Å². The third-order valence-electron chi connectivity index (χ3n) is 2.87. The molecule has 0 fully saturated rings. The molecule has 2 aromatic rings. The lowest BCUT2D eigenvalue weighted by Crippen LogP contribution is -2.19. The Hall–Kier alpha value is -2.96. The topological polar surface area (TPSA) is 77.4 Å². The van der Waals surface area contributed by atoms with Crippen LogP contribution in [0.25, 0.3) is 5.69 Å². The van der Waals surface area contributed by atoms with Gasteiger partial charge in [-0.25, -0.2) is 9.18 Å². The number of halogens is 1. The number of benzene rings is 1. The Morgan fingerprint density at radius 3 is 2.59 bits per heavy atom. The zero-order chi connectivity index (χ0) is 16.3. The molecule has 0 atom stereocenters. The number of carbonyl (C=O) groups excluding carboxylic acids is 2. The van der Waals surface area contributed by atoms with Crippen LogP contribution >= 0.6 is 0 Å². The first-order valence-electron chi connectivity index (χ1n) is 6.31. The number of carbonyl (C=O) groups is 2. The van der Waals surface area contributed by atoms with E-state index in [1.54, 1.807) is 0 Å². The van der Waals surface area contributed by atoms with E-state index in [9.17, 15) is 18.8 Å². The highest BCUT2D eigenvalue weighted by molar-refractivity contribution is 5.89.